The van der Waals surface area contributed by atoms with Gasteiger partial charge in [-0.1, -0.05) is 6.07 Å². The number of anilines is 2. The first-order valence-corrected chi connectivity index (χ1v) is 9.61. The summed E-state index contributed by atoms with van der Waals surface area (Å²) in [5.74, 6) is -1.99. The van der Waals surface area contributed by atoms with E-state index in [0.717, 1.165) is 12.1 Å². The summed E-state index contributed by atoms with van der Waals surface area (Å²) < 4.78 is 50.3. The van der Waals surface area contributed by atoms with Crippen molar-refractivity contribution >= 4 is 27.2 Å². The molecule has 1 fully saturated rings. The van der Waals surface area contributed by atoms with Crippen molar-refractivity contribution in [3.05, 3.63) is 47.7 Å². The molecule has 2 heterocycles. The molecule has 1 amide bonds. The summed E-state index contributed by atoms with van der Waals surface area (Å²) in [6.45, 7) is 0. The van der Waals surface area contributed by atoms with Crippen LogP contribution >= 0.6 is 0 Å². The van der Waals surface area contributed by atoms with Gasteiger partial charge in [-0.15, -0.1) is 10.2 Å². The highest BCUT2D eigenvalue weighted by Gasteiger charge is 2.33. The number of halogens is 2. The van der Waals surface area contributed by atoms with Gasteiger partial charge in [-0.3, -0.25) is 4.79 Å². The van der Waals surface area contributed by atoms with E-state index in [1.165, 1.54) is 30.1 Å². The van der Waals surface area contributed by atoms with E-state index in [1.807, 2.05) is 0 Å². The molecule has 0 spiro atoms. The summed E-state index contributed by atoms with van der Waals surface area (Å²) in [5, 5.41) is 9.99. The highest BCUT2D eigenvalue weighted by atomic mass is 32.2. The third-order valence-electron chi connectivity index (χ3n) is 4.18. The van der Waals surface area contributed by atoms with E-state index < -0.39 is 33.4 Å². The number of hydrogen-bond acceptors (Lipinski definition) is 6. The van der Waals surface area contributed by atoms with Crippen LogP contribution in [0.15, 0.2) is 30.3 Å². The number of amides is 1. The van der Waals surface area contributed by atoms with Crippen LogP contribution in [0.2, 0.25) is 0 Å². The van der Waals surface area contributed by atoms with Crippen LogP contribution in [0.4, 0.5) is 20.3 Å². The van der Waals surface area contributed by atoms with Gasteiger partial charge in [-0.05, 0) is 30.7 Å². The molecule has 1 unspecified atom stereocenters. The minimum absolute atomic E-state index is 0.0105. The molecule has 1 aliphatic rings. The predicted molar refractivity (Wildman–Crippen MR) is 90.8 cm³/mol. The smallest absolute Gasteiger partial charge is 0.274 e. The SMILES string of the molecule is CN(C(=O)c1ccc(Nc2c(F)cccc2F)nn1)C1CCS(=O)(=O)C1. The van der Waals surface area contributed by atoms with E-state index in [-0.39, 0.29) is 28.7 Å². The van der Waals surface area contributed by atoms with Crippen molar-refractivity contribution in [3.8, 4) is 0 Å². The molecular formula is C16H16F2N4O3S. The maximum Gasteiger partial charge on any atom is 0.274 e. The number of nitrogens with zero attached hydrogens (tertiary/aromatic N) is 3. The van der Waals surface area contributed by atoms with Crippen LogP contribution in [0, 0.1) is 11.6 Å². The Balaban J connectivity index is 1.72. The van der Waals surface area contributed by atoms with Crippen LogP contribution in [0.5, 0.6) is 0 Å². The van der Waals surface area contributed by atoms with Gasteiger partial charge >= 0.3 is 0 Å². The zero-order valence-corrected chi connectivity index (χ0v) is 14.6. The molecule has 0 saturated carbocycles. The minimum Gasteiger partial charge on any atom is -0.336 e. The first-order valence-electron chi connectivity index (χ1n) is 7.79. The zero-order valence-electron chi connectivity index (χ0n) is 13.8. The van der Waals surface area contributed by atoms with Crippen LogP contribution in [0.25, 0.3) is 0 Å². The molecule has 1 atom stereocenters. The summed E-state index contributed by atoms with van der Waals surface area (Å²) in [6.07, 6.45) is 0.379. The molecule has 1 aromatic heterocycles. The normalized spacial score (nSPS) is 18.5. The summed E-state index contributed by atoms with van der Waals surface area (Å²) in [7, 11) is -1.61. The minimum atomic E-state index is -3.12. The van der Waals surface area contributed by atoms with E-state index in [0.29, 0.717) is 6.42 Å². The molecule has 2 aromatic rings. The Kier molecular flexibility index (Phi) is 4.86. The lowest BCUT2D eigenvalue weighted by Gasteiger charge is -2.22. The fourth-order valence-corrected chi connectivity index (χ4v) is 4.46. The number of carbonyl (C=O) groups is 1. The second-order valence-electron chi connectivity index (χ2n) is 6.00. The highest BCUT2D eigenvalue weighted by molar-refractivity contribution is 7.91. The standard InChI is InChI=1S/C16H16F2N4O3S/c1-22(10-7-8-26(24,25)9-10)16(23)13-5-6-14(21-20-13)19-15-11(17)3-2-4-12(15)18/h2-6,10H,7-9H2,1H3,(H,19,21). The fourth-order valence-electron chi connectivity index (χ4n) is 2.69. The highest BCUT2D eigenvalue weighted by Crippen LogP contribution is 2.22. The fraction of sp³-hybridized carbons (Fsp3) is 0.312. The summed E-state index contributed by atoms with van der Waals surface area (Å²) in [5.41, 5.74) is -0.356. The van der Waals surface area contributed by atoms with Gasteiger partial charge in [0.2, 0.25) is 0 Å². The molecule has 3 rings (SSSR count). The lowest BCUT2D eigenvalue weighted by Crippen LogP contribution is -2.38. The van der Waals surface area contributed by atoms with Crippen molar-refractivity contribution in [2.75, 3.05) is 23.9 Å². The Morgan fingerprint density at radius 1 is 1.19 bits per heavy atom. The lowest BCUT2D eigenvalue weighted by molar-refractivity contribution is 0.0740. The largest absolute Gasteiger partial charge is 0.336 e. The molecule has 7 nitrogen and oxygen atoms in total. The van der Waals surface area contributed by atoms with Gasteiger partial charge in [0, 0.05) is 13.1 Å². The van der Waals surface area contributed by atoms with Crippen LogP contribution < -0.4 is 5.32 Å². The van der Waals surface area contributed by atoms with E-state index >= 15 is 0 Å². The van der Waals surface area contributed by atoms with E-state index in [1.54, 1.807) is 0 Å². The number of hydrogen-bond donors (Lipinski definition) is 1. The number of para-hydroxylation sites is 1. The van der Waals surface area contributed by atoms with E-state index in [2.05, 4.69) is 15.5 Å². The number of rotatable bonds is 4. The van der Waals surface area contributed by atoms with Gasteiger partial charge in [0.1, 0.15) is 17.3 Å². The maximum absolute atomic E-state index is 13.6. The summed E-state index contributed by atoms with van der Waals surface area (Å²) >= 11 is 0. The van der Waals surface area contributed by atoms with Gasteiger partial charge in [-0.25, -0.2) is 17.2 Å². The maximum atomic E-state index is 13.6. The lowest BCUT2D eigenvalue weighted by atomic mass is 10.2. The number of nitrogens with one attached hydrogen (secondary N) is 1. The Morgan fingerprint density at radius 2 is 1.88 bits per heavy atom. The van der Waals surface area contributed by atoms with Crippen molar-refractivity contribution < 1.29 is 22.0 Å². The van der Waals surface area contributed by atoms with Gasteiger partial charge < -0.3 is 10.2 Å². The van der Waals surface area contributed by atoms with Crippen molar-refractivity contribution in [1.29, 1.82) is 0 Å². The van der Waals surface area contributed by atoms with E-state index in [9.17, 15) is 22.0 Å². The first-order chi connectivity index (χ1) is 12.3. The quantitative estimate of drug-likeness (QED) is 0.866. The third-order valence-corrected chi connectivity index (χ3v) is 5.93. The number of carbonyl (C=O) groups excluding carboxylic acids is 1. The molecule has 1 saturated heterocycles. The van der Waals surface area contributed by atoms with Crippen LogP contribution in [-0.4, -0.2) is 54.0 Å². The Labute approximate surface area is 149 Å². The Morgan fingerprint density at radius 3 is 2.42 bits per heavy atom. The monoisotopic (exact) mass is 382 g/mol. The van der Waals surface area contributed by atoms with Crippen LogP contribution in [0.1, 0.15) is 16.9 Å². The van der Waals surface area contributed by atoms with Crippen LogP contribution in [-0.2, 0) is 9.84 Å². The zero-order chi connectivity index (χ0) is 18.9. The van der Waals surface area contributed by atoms with Crippen molar-refractivity contribution in [2.45, 2.75) is 12.5 Å². The molecule has 1 N–H and O–H groups in total. The Bertz CT molecular complexity index is 915. The first kappa shape index (κ1) is 18.2. The molecule has 1 aliphatic heterocycles. The average Bonchev–Trinajstić information content (AvgIpc) is 2.97. The molecular weight excluding hydrogens is 366 g/mol. The third kappa shape index (κ3) is 3.79. The van der Waals surface area contributed by atoms with E-state index in [4.69, 9.17) is 0 Å². The molecule has 0 bridgehead atoms. The number of aromatic nitrogens is 2. The molecule has 26 heavy (non-hydrogen) atoms. The predicted octanol–water partition coefficient (Wildman–Crippen LogP) is 1.76. The number of benzene rings is 1. The van der Waals surface area contributed by atoms with Crippen molar-refractivity contribution in [1.82, 2.24) is 15.1 Å². The molecule has 1 aromatic carbocycles. The molecule has 0 aliphatic carbocycles. The second kappa shape index (κ2) is 6.94. The average molecular weight is 382 g/mol. The van der Waals surface area contributed by atoms with Gasteiger partial charge in [0.25, 0.3) is 5.91 Å². The van der Waals surface area contributed by atoms with Crippen molar-refractivity contribution in [2.24, 2.45) is 0 Å². The topological polar surface area (TPSA) is 92.3 Å². The molecule has 0 radical (unpaired) electrons. The summed E-state index contributed by atoms with van der Waals surface area (Å²) in [4.78, 5) is 13.7. The number of sulfone groups is 1. The van der Waals surface area contributed by atoms with Gasteiger partial charge in [0.15, 0.2) is 21.3 Å². The van der Waals surface area contributed by atoms with Gasteiger partial charge in [-0.2, -0.15) is 0 Å². The second-order valence-corrected chi connectivity index (χ2v) is 8.23. The molecule has 138 valence electrons. The van der Waals surface area contributed by atoms with Crippen molar-refractivity contribution in [3.63, 3.8) is 0 Å². The summed E-state index contributed by atoms with van der Waals surface area (Å²) in [6, 6.07) is 5.76. The van der Waals surface area contributed by atoms with Crippen LogP contribution in [0.3, 0.4) is 0 Å². The van der Waals surface area contributed by atoms with Gasteiger partial charge in [0.05, 0.1) is 11.5 Å². The molecule has 10 heteroatoms. The Hall–Kier alpha value is -2.62.